The number of imidazole rings is 1. The molecule has 2 aromatic carbocycles. The van der Waals surface area contributed by atoms with Crippen LogP contribution in [0.4, 0.5) is 5.69 Å². The number of pyridine rings is 1. The Morgan fingerprint density at radius 1 is 1.12 bits per heavy atom. The van der Waals surface area contributed by atoms with Gasteiger partial charge in [-0.3, -0.25) is 9.79 Å². The van der Waals surface area contributed by atoms with Crippen molar-refractivity contribution in [3.63, 3.8) is 0 Å². The quantitative estimate of drug-likeness (QED) is 0.305. The van der Waals surface area contributed by atoms with Gasteiger partial charge in [0.05, 0.1) is 34.8 Å². The lowest BCUT2D eigenvalue weighted by atomic mass is 10.1. The normalized spacial score (nSPS) is 12.4. The molecule has 4 aromatic rings. The molecule has 4 rings (SSSR count). The number of benzene rings is 2. The second-order valence-corrected chi connectivity index (χ2v) is 5.48. The van der Waals surface area contributed by atoms with Gasteiger partial charge < -0.3 is 15.8 Å². The van der Waals surface area contributed by atoms with Gasteiger partial charge in [-0.15, -0.1) is 0 Å². The standard InChI is InChI=1S/C18H14N6O/c19-24-17(9-20-12-5-6-15-16(8-12)22-10-21-15)13-7-11-3-1-2-4-14(11)23-18(13)25/h1-10H,19H2,(H,21,22)(H,23,25). The van der Waals surface area contributed by atoms with Crippen molar-refractivity contribution in [2.45, 2.75) is 0 Å². The molecule has 25 heavy (non-hydrogen) atoms. The number of hydrogen-bond donors (Lipinski definition) is 3. The molecule has 2 aromatic heterocycles. The Morgan fingerprint density at radius 3 is 2.88 bits per heavy atom. The van der Waals surface area contributed by atoms with Crippen molar-refractivity contribution in [2.24, 2.45) is 15.9 Å². The van der Waals surface area contributed by atoms with Crippen LogP contribution in [-0.2, 0) is 0 Å². The Bertz CT molecular complexity index is 1180. The first-order valence-electron chi connectivity index (χ1n) is 7.62. The fourth-order valence-corrected chi connectivity index (χ4v) is 2.65. The van der Waals surface area contributed by atoms with Gasteiger partial charge in [0.15, 0.2) is 0 Å². The second-order valence-electron chi connectivity index (χ2n) is 5.48. The predicted molar refractivity (Wildman–Crippen MR) is 99.5 cm³/mol. The second kappa shape index (κ2) is 6.04. The van der Waals surface area contributed by atoms with Crippen LogP contribution >= 0.6 is 0 Å². The van der Waals surface area contributed by atoms with Crippen LogP contribution in [0.5, 0.6) is 0 Å². The Hall–Kier alpha value is -3.74. The van der Waals surface area contributed by atoms with E-state index in [4.69, 9.17) is 5.84 Å². The third-order valence-corrected chi connectivity index (χ3v) is 3.91. The van der Waals surface area contributed by atoms with Gasteiger partial charge in [0.2, 0.25) is 0 Å². The van der Waals surface area contributed by atoms with Crippen LogP contribution < -0.4 is 11.4 Å². The largest absolute Gasteiger partial charge is 0.345 e. The van der Waals surface area contributed by atoms with Crippen molar-refractivity contribution in [3.8, 4) is 0 Å². The predicted octanol–water partition coefficient (Wildman–Crippen LogP) is 2.47. The number of nitrogens with one attached hydrogen (secondary N) is 2. The van der Waals surface area contributed by atoms with Gasteiger partial charge in [0.1, 0.15) is 5.71 Å². The highest BCUT2D eigenvalue weighted by molar-refractivity contribution is 6.38. The number of para-hydroxylation sites is 1. The van der Waals surface area contributed by atoms with Gasteiger partial charge in [-0.1, -0.05) is 18.2 Å². The number of fused-ring (bicyclic) bond motifs is 2. The number of aromatic nitrogens is 3. The summed E-state index contributed by atoms with van der Waals surface area (Å²) in [6, 6.07) is 14.8. The summed E-state index contributed by atoms with van der Waals surface area (Å²) in [6.45, 7) is 0. The Labute approximate surface area is 141 Å². The lowest BCUT2D eigenvalue weighted by molar-refractivity contribution is 1.23. The lowest BCUT2D eigenvalue weighted by Crippen LogP contribution is -2.20. The van der Waals surface area contributed by atoms with Gasteiger partial charge in [-0.05, 0) is 35.7 Å². The molecule has 7 nitrogen and oxygen atoms in total. The minimum absolute atomic E-state index is 0.265. The van der Waals surface area contributed by atoms with E-state index in [1.54, 1.807) is 12.4 Å². The van der Waals surface area contributed by atoms with E-state index < -0.39 is 0 Å². The van der Waals surface area contributed by atoms with E-state index in [-0.39, 0.29) is 5.56 Å². The summed E-state index contributed by atoms with van der Waals surface area (Å²) in [6.07, 6.45) is 3.11. The van der Waals surface area contributed by atoms with Crippen LogP contribution in [0.1, 0.15) is 5.56 Å². The van der Waals surface area contributed by atoms with E-state index >= 15 is 0 Å². The van der Waals surface area contributed by atoms with Crippen LogP contribution in [0.15, 0.2) is 69.7 Å². The average Bonchev–Trinajstić information content (AvgIpc) is 3.10. The number of nitrogens with zero attached hydrogens (tertiary/aromatic N) is 3. The maximum atomic E-state index is 12.3. The Morgan fingerprint density at radius 2 is 2.00 bits per heavy atom. The summed E-state index contributed by atoms with van der Waals surface area (Å²) in [4.78, 5) is 26.7. The molecule has 0 aliphatic carbocycles. The third kappa shape index (κ3) is 2.78. The van der Waals surface area contributed by atoms with Crippen molar-refractivity contribution >= 4 is 39.5 Å². The molecule has 4 N–H and O–H groups in total. The molecule has 0 saturated carbocycles. The van der Waals surface area contributed by atoms with Gasteiger partial charge >= 0.3 is 0 Å². The minimum Gasteiger partial charge on any atom is -0.345 e. The first-order valence-corrected chi connectivity index (χ1v) is 7.62. The zero-order chi connectivity index (χ0) is 17.2. The third-order valence-electron chi connectivity index (χ3n) is 3.91. The smallest absolute Gasteiger partial charge is 0.258 e. The highest BCUT2D eigenvalue weighted by Gasteiger charge is 2.08. The molecule has 122 valence electrons. The van der Waals surface area contributed by atoms with Crippen molar-refractivity contribution in [1.29, 1.82) is 0 Å². The fourth-order valence-electron chi connectivity index (χ4n) is 2.65. The first-order chi connectivity index (χ1) is 12.2. The molecule has 0 bridgehead atoms. The minimum atomic E-state index is -0.265. The SMILES string of the molecule is NN=C(C=Nc1ccc2nc[nH]c2c1)c1cc2ccccc2[nH]c1=O. The topological polar surface area (TPSA) is 112 Å². The first kappa shape index (κ1) is 14.8. The van der Waals surface area contributed by atoms with E-state index in [0.29, 0.717) is 17.0 Å². The number of rotatable bonds is 3. The molecule has 2 heterocycles. The van der Waals surface area contributed by atoms with Crippen molar-refractivity contribution in [1.82, 2.24) is 15.0 Å². The van der Waals surface area contributed by atoms with E-state index in [1.807, 2.05) is 42.5 Å². The molecular weight excluding hydrogens is 316 g/mol. The number of nitrogens with two attached hydrogens (primary N) is 1. The highest BCUT2D eigenvalue weighted by Crippen LogP contribution is 2.18. The monoisotopic (exact) mass is 330 g/mol. The molecule has 0 unspecified atom stereocenters. The molecule has 0 amide bonds. The average molecular weight is 330 g/mol. The van der Waals surface area contributed by atoms with Crippen LogP contribution in [0, 0.1) is 0 Å². The van der Waals surface area contributed by atoms with E-state index in [2.05, 4.69) is 25.0 Å². The van der Waals surface area contributed by atoms with Gasteiger partial charge in [0.25, 0.3) is 5.56 Å². The number of aromatic amines is 2. The summed E-state index contributed by atoms with van der Waals surface area (Å²) < 4.78 is 0. The van der Waals surface area contributed by atoms with Crippen molar-refractivity contribution < 1.29 is 0 Å². The maximum absolute atomic E-state index is 12.3. The van der Waals surface area contributed by atoms with Gasteiger partial charge in [-0.2, -0.15) is 5.10 Å². The molecule has 7 heteroatoms. The number of H-pyrrole nitrogens is 2. The molecule has 0 fully saturated rings. The molecule has 0 radical (unpaired) electrons. The van der Waals surface area contributed by atoms with Crippen LogP contribution in [0.3, 0.4) is 0 Å². The van der Waals surface area contributed by atoms with Crippen molar-refractivity contribution in [3.05, 3.63) is 70.8 Å². The molecule has 0 aliphatic heterocycles. The summed E-state index contributed by atoms with van der Waals surface area (Å²) in [5, 5.41) is 4.61. The number of hydrogen-bond acceptors (Lipinski definition) is 5. The lowest BCUT2D eigenvalue weighted by Gasteiger charge is -2.02. The summed E-state index contributed by atoms with van der Waals surface area (Å²) >= 11 is 0. The van der Waals surface area contributed by atoms with Gasteiger partial charge in [0, 0.05) is 5.52 Å². The van der Waals surface area contributed by atoms with E-state index in [1.165, 1.54) is 6.21 Å². The van der Waals surface area contributed by atoms with Crippen LogP contribution in [-0.4, -0.2) is 26.9 Å². The number of aliphatic imine (C=N–C) groups is 1. The Kier molecular flexibility index (Phi) is 3.59. The highest BCUT2D eigenvalue weighted by atomic mass is 16.1. The summed E-state index contributed by atoms with van der Waals surface area (Å²) in [5.41, 5.74) is 3.61. The molecule has 0 atom stereocenters. The molecule has 0 aliphatic rings. The van der Waals surface area contributed by atoms with Crippen molar-refractivity contribution in [2.75, 3.05) is 0 Å². The molecular formula is C18H14N6O. The van der Waals surface area contributed by atoms with Crippen LogP contribution in [0.2, 0.25) is 0 Å². The van der Waals surface area contributed by atoms with E-state index in [0.717, 1.165) is 21.9 Å². The molecule has 0 spiro atoms. The zero-order valence-electron chi connectivity index (χ0n) is 13.1. The fraction of sp³-hybridized carbons (Fsp3) is 0. The van der Waals surface area contributed by atoms with E-state index in [9.17, 15) is 4.79 Å². The number of hydrazone groups is 1. The zero-order valence-corrected chi connectivity index (χ0v) is 13.1. The summed E-state index contributed by atoms with van der Waals surface area (Å²) in [7, 11) is 0. The van der Waals surface area contributed by atoms with Gasteiger partial charge in [-0.25, -0.2) is 4.98 Å². The van der Waals surface area contributed by atoms with Crippen LogP contribution in [0.25, 0.3) is 21.9 Å². The summed E-state index contributed by atoms with van der Waals surface area (Å²) in [5.74, 6) is 5.48. The maximum Gasteiger partial charge on any atom is 0.258 e. The Balaban J connectivity index is 1.73. The molecule has 0 saturated heterocycles.